The van der Waals surface area contributed by atoms with Gasteiger partial charge in [-0.15, -0.1) is 0 Å². The van der Waals surface area contributed by atoms with E-state index in [-0.39, 0.29) is 16.9 Å². The molecule has 0 amide bonds. The first-order valence-corrected chi connectivity index (χ1v) is 7.71. The lowest BCUT2D eigenvalue weighted by Crippen LogP contribution is -2.22. The molecule has 0 atom stereocenters. The van der Waals surface area contributed by atoms with Gasteiger partial charge in [0.05, 0.1) is 11.5 Å². The molecule has 2 N–H and O–H groups in total. The van der Waals surface area contributed by atoms with E-state index >= 15 is 0 Å². The second kappa shape index (κ2) is 5.11. The Morgan fingerprint density at radius 2 is 1.84 bits per heavy atom. The van der Waals surface area contributed by atoms with Gasteiger partial charge in [0.2, 0.25) is 10.0 Å². The van der Waals surface area contributed by atoms with Crippen molar-refractivity contribution in [1.82, 2.24) is 4.31 Å². The largest absolute Gasteiger partial charge is 0.396 e. The van der Waals surface area contributed by atoms with E-state index in [1.165, 1.54) is 18.4 Å². The number of benzene rings is 1. The molecule has 19 heavy (non-hydrogen) atoms. The highest BCUT2D eigenvalue weighted by Gasteiger charge is 2.41. The molecule has 0 saturated heterocycles. The molecular weight excluding hydrogens is 264 g/mol. The van der Waals surface area contributed by atoms with Crippen LogP contribution in [0.4, 0.5) is 5.69 Å². The normalized spacial score (nSPS) is 17.5. The molecule has 1 aliphatic carbocycles. The van der Waals surface area contributed by atoms with Crippen LogP contribution in [-0.4, -0.2) is 45.1 Å². The van der Waals surface area contributed by atoms with Crippen LogP contribution in [0.3, 0.4) is 0 Å². The molecule has 1 fully saturated rings. The number of aliphatic hydroxyl groups excluding tert-OH is 1. The van der Waals surface area contributed by atoms with Crippen LogP contribution in [0.25, 0.3) is 0 Å². The SMILES string of the molecule is CN(C)S(=O)(=O)c1ccc(NCC2(CO)CC2)cc1. The van der Waals surface area contributed by atoms with Gasteiger partial charge in [0, 0.05) is 31.7 Å². The minimum atomic E-state index is -3.36. The zero-order valence-corrected chi connectivity index (χ0v) is 12.1. The van der Waals surface area contributed by atoms with Gasteiger partial charge < -0.3 is 10.4 Å². The summed E-state index contributed by atoms with van der Waals surface area (Å²) in [6.07, 6.45) is 2.09. The number of anilines is 1. The Morgan fingerprint density at radius 1 is 1.26 bits per heavy atom. The van der Waals surface area contributed by atoms with Crippen molar-refractivity contribution in [2.45, 2.75) is 17.7 Å². The number of nitrogens with one attached hydrogen (secondary N) is 1. The molecule has 1 aromatic carbocycles. The number of hydrogen-bond acceptors (Lipinski definition) is 4. The molecular formula is C13H20N2O3S. The second-order valence-electron chi connectivity index (χ2n) is 5.32. The molecule has 0 aromatic heterocycles. The van der Waals surface area contributed by atoms with Gasteiger partial charge in [0.1, 0.15) is 0 Å². The van der Waals surface area contributed by atoms with Crippen LogP contribution in [0.15, 0.2) is 29.2 Å². The summed E-state index contributed by atoms with van der Waals surface area (Å²) in [4.78, 5) is 0.284. The Balaban J connectivity index is 2.03. The van der Waals surface area contributed by atoms with Gasteiger partial charge in [-0.1, -0.05) is 0 Å². The monoisotopic (exact) mass is 284 g/mol. The molecule has 0 radical (unpaired) electrons. The molecule has 0 unspecified atom stereocenters. The topological polar surface area (TPSA) is 69.6 Å². The Bertz CT molecular complexity index is 534. The summed E-state index contributed by atoms with van der Waals surface area (Å²) in [5, 5.41) is 12.5. The minimum Gasteiger partial charge on any atom is -0.396 e. The third-order valence-corrected chi connectivity index (χ3v) is 5.42. The summed E-state index contributed by atoms with van der Waals surface area (Å²) >= 11 is 0. The third-order valence-electron chi connectivity index (χ3n) is 3.59. The summed E-state index contributed by atoms with van der Waals surface area (Å²) < 4.78 is 25.0. The summed E-state index contributed by atoms with van der Waals surface area (Å²) in [5.41, 5.74) is 0.909. The third kappa shape index (κ3) is 3.08. The fourth-order valence-electron chi connectivity index (χ4n) is 1.81. The lowest BCUT2D eigenvalue weighted by Gasteiger charge is -2.15. The highest BCUT2D eigenvalue weighted by Crippen LogP contribution is 2.44. The van der Waals surface area contributed by atoms with E-state index in [0.29, 0.717) is 0 Å². The minimum absolute atomic E-state index is 0.0361. The molecule has 106 valence electrons. The highest BCUT2D eigenvalue weighted by molar-refractivity contribution is 7.89. The average molecular weight is 284 g/mol. The fourth-order valence-corrected chi connectivity index (χ4v) is 2.71. The van der Waals surface area contributed by atoms with Crippen LogP contribution < -0.4 is 5.32 Å². The van der Waals surface area contributed by atoms with E-state index in [4.69, 9.17) is 0 Å². The molecule has 5 nitrogen and oxygen atoms in total. The van der Waals surface area contributed by atoms with Crippen molar-refractivity contribution in [3.8, 4) is 0 Å². The maximum absolute atomic E-state index is 11.9. The second-order valence-corrected chi connectivity index (χ2v) is 7.48. The summed E-state index contributed by atoms with van der Waals surface area (Å²) in [6.45, 7) is 0.927. The van der Waals surface area contributed by atoms with Crippen LogP contribution in [-0.2, 0) is 10.0 Å². The van der Waals surface area contributed by atoms with Crippen LogP contribution in [0.5, 0.6) is 0 Å². The number of hydrogen-bond donors (Lipinski definition) is 2. The van der Waals surface area contributed by atoms with E-state index in [2.05, 4.69) is 5.32 Å². The van der Waals surface area contributed by atoms with Crippen molar-refractivity contribution in [2.24, 2.45) is 5.41 Å². The maximum Gasteiger partial charge on any atom is 0.242 e. The van der Waals surface area contributed by atoms with Crippen molar-refractivity contribution < 1.29 is 13.5 Å². The standard InChI is InChI=1S/C13H20N2O3S/c1-15(2)19(17,18)12-5-3-11(4-6-12)14-9-13(10-16)7-8-13/h3-6,14,16H,7-10H2,1-2H3. The van der Waals surface area contributed by atoms with Gasteiger partial charge in [-0.25, -0.2) is 12.7 Å². The van der Waals surface area contributed by atoms with Gasteiger partial charge in [0.25, 0.3) is 0 Å². The summed E-state index contributed by atoms with van der Waals surface area (Å²) in [6, 6.07) is 6.69. The lowest BCUT2D eigenvalue weighted by atomic mass is 10.1. The van der Waals surface area contributed by atoms with E-state index in [9.17, 15) is 13.5 Å². The Morgan fingerprint density at radius 3 is 2.26 bits per heavy atom. The van der Waals surface area contributed by atoms with Crippen molar-refractivity contribution in [2.75, 3.05) is 32.6 Å². The average Bonchev–Trinajstić information content (AvgIpc) is 3.17. The first kappa shape index (κ1) is 14.3. The van der Waals surface area contributed by atoms with Gasteiger partial charge >= 0.3 is 0 Å². The number of aliphatic hydroxyl groups is 1. The van der Waals surface area contributed by atoms with Crippen LogP contribution in [0.2, 0.25) is 0 Å². The molecule has 0 heterocycles. The van der Waals surface area contributed by atoms with Crippen LogP contribution in [0.1, 0.15) is 12.8 Å². The molecule has 0 bridgehead atoms. The van der Waals surface area contributed by atoms with Gasteiger partial charge in [-0.2, -0.15) is 0 Å². The molecule has 0 spiro atoms. The number of nitrogens with zero attached hydrogens (tertiary/aromatic N) is 1. The zero-order valence-electron chi connectivity index (χ0n) is 11.3. The summed E-state index contributed by atoms with van der Waals surface area (Å²) in [5.74, 6) is 0. The molecule has 1 aromatic rings. The molecule has 1 aliphatic rings. The van der Waals surface area contributed by atoms with E-state index in [1.54, 1.807) is 24.3 Å². The Hall–Kier alpha value is -1.11. The zero-order chi connectivity index (χ0) is 14.1. The lowest BCUT2D eigenvalue weighted by molar-refractivity contribution is 0.220. The van der Waals surface area contributed by atoms with Crippen LogP contribution >= 0.6 is 0 Å². The predicted octanol–water partition coefficient (Wildman–Crippen LogP) is 1.12. The molecule has 1 saturated carbocycles. The van der Waals surface area contributed by atoms with Crippen molar-refractivity contribution >= 4 is 15.7 Å². The van der Waals surface area contributed by atoms with E-state index < -0.39 is 10.0 Å². The van der Waals surface area contributed by atoms with Gasteiger partial charge in [0.15, 0.2) is 0 Å². The summed E-state index contributed by atoms with van der Waals surface area (Å²) in [7, 11) is -0.337. The van der Waals surface area contributed by atoms with Crippen LogP contribution in [0, 0.1) is 5.41 Å². The van der Waals surface area contributed by atoms with Gasteiger partial charge in [-0.05, 0) is 37.1 Å². The van der Waals surface area contributed by atoms with Crippen molar-refractivity contribution in [3.05, 3.63) is 24.3 Å². The number of rotatable bonds is 6. The smallest absolute Gasteiger partial charge is 0.242 e. The maximum atomic E-state index is 11.9. The quantitative estimate of drug-likeness (QED) is 0.821. The predicted molar refractivity (Wildman–Crippen MR) is 74.6 cm³/mol. The Kier molecular flexibility index (Phi) is 3.85. The van der Waals surface area contributed by atoms with E-state index in [1.807, 2.05) is 0 Å². The number of sulfonamides is 1. The Labute approximate surface area is 114 Å². The van der Waals surface area contributed by atoms with E-state index in [0.717, 1.165) is 25.1 Å². The molecule has 2 rings (SSSR count). The molecule has 6 heteroatoms. The first-order valence-electron chi connectivity index (χ1n) is 6.27. The van der Waals surface area contributed by atoms with Gasteiger partial charge in [-0.3, -0.25) is 0 Å². The molecule has 0 aliphatic heterocycles. The highest BCUT2D eigenvalue weighted by atomic mass is 32.2. The fraction of sp³-hybridized carbons (Fsp3) is 0.538. The first-order chi connectivity index (χ1) is 8.89. The van der Waals surface area contributed by atoms with Crippen molar-refractivity contribution in [3.63, 3.8) is 0 Å². The van der Waals surface area contributed by atoms with Crippen molar-refractivity contribution in [1.29, 1.82) is 0 Å².